The summed E-state index contributed by atoms with van der Waals surface area (Å²) >= 11 is 0. The molecule has 2 N–H and O–H groups in total. The van der Waals surface area contributed by atoms with E-state index in [1.165, 1.54) is 5.56 Å². The number of aliphatic carboxylic acids is 1. The van der Waals surface area contributed by atoms with Crippen LogP contribution in [0.4, 0.5) is 0 Å². The molecule has 5 heteroatoms. The second kappa shape index (κ2) is 7.21. The summed E-state index contributed by atoms with van der Waals surface area (Å²) in [7, 11) is 0. The van der Waals surface area contributed by atoms with Crippen molar-refractivity contribution < 1.29 is 19.4 Å². The van der Waals surface area contributed by atoms with Crippen LogP contribution in [0.1, 0.15) is 51.1 Å². The van der Waals surface area contributed by atoms with Crippen molar-refractivity contribution in [3.63, 3.8) is 0 Å². The SMILES string of the molecule is CCC1COC2(CC[C@@H](N[C@H](C)c3ccccc3)[C@@H](C(=O)O)C2)O1. The van der Waals surface area contributed by atoms with Gasteiger partial charge in [-0.3, -0.25) is 4.79 Å². The maximum Gasteiger partial charge on any atom is 0.308 e. The van der Waals surface area contributed by atoms with Crippen molar-refractivity contribution in [3.8, 4) is 0 Å². The summed E-state index contributed by atoms with van der Waals surface area (Å²) in [6, 6.07) is 10.2. The molecule has 0 amide bonds. The minimum atomic E-state index is -0.779. The van der Waals surface area contributed by atoms with Gasteiger partial charge in [-0.1, -0.05) is 37.3 Å². The number of carbonyl (C=O) groups is 1. The molecule has 1 saturated carbocycles. The Morgan fingerprint density at radius 3 is 2.79 bits per heavy atom. The molecule has 1 aromatic rings. The molecule has 2 fully saturated rings. The Kier molecular flexibility index (Phi) is 5.23. The van der Waals surface area contributed by atoms with Crippen molar-refractivity contribution in [3.05, 3.63) is 35.9 Å². The molecule has 1 aromatic carbocycles. The van der Waals surface area contributed by atoms with E-state index < -0.39 is 17.7 Å². The number of ether oxygens (including phenoxy) is 2. The Bertz CT molecular complexity index is 564. The molecule has 0 bridgehead atoms. The van der Waals surface area contributed by atoms with Gasteiger partial charge in [0, 0.05) is 24.9 Å². The van der Waals surface area contributed by atoms with E-state index in [1.807, 2.05) is 18.2 Å². The van der Waals surface area contributed by atoms with Crippen molar-refractivity contribution in [1.82, 2.24) is 5.32 Å². The molecule has 3 rings (SSSR count). The van der Waals surface area contributed by atoms with Crippen molar-refractivity contribution in [2.24, 2.45) is 5.92 Å². The summed E-state index contributed by atoms with van der Waals surface area (Å²) in [5.41, 5.74) is 1.17. The Labute approximate surface area is 143 Å². The highest BCUT2D eigenvalue weighted by Gasteiger charge is 2.49. The molecule has 1 aliphatic heterocycles. The topological polar surface area (TPSA) is 67.8 Å². The van der Waals surface area contributed by atoms with Gasteiger partial charge in [0.1, 0.15) is 0 Å². The fourth-order valence-corrected chi connectivity index (χ4v) is 3.83. The molecule has 0 radical (unpaired) electrons. The van der Waals surface area contributed by atoms with Gasteiger partial charge in [-0.2, -0.15) is 0 Å². The molecular formula is C19H27NO4. The number of hydrogen-bond acceptors (Lipinski definition) is 4. The Morgan fingerprint density at radius 1 is 1.42 bits per heavy atom. The zero-order valence-corrected chi connectivity index (χ0v) is 14.4. The summed E-state index contributed by atoms with van der Waals surface area (Å²) in [6.07, 6.45) is 2.88. The van der Waals surface area contributed by atoms with Crippen LogP contribution in [0.2, 0.25) is 0 Å². The van der Waals surface area contributed by atoms with E-state index in [9.17, 15) is 9.90 Å². The van der Waals surface area contributed by atoms with Crippen LogP contribution in [0.3, 0.4) is 0 Å². The molecule has 2 aliphatic rings. The second-order valence-corrected chi connectivity index (χ2v) is 6.96. The summed E-state index contributed by atoms with van der Waals surface area (Å²) in [5, 5.41) is 13.2. The van der Waals surface area contributed by atoms with Gasteiger partial charge in [-0.05, 0) is 25.3 Å². The third kappa shape index (κ3) is 3.63. The molecule has 1 spiro atoms. The summed E-state index contributed by atoms with van der Waals surface area (Å²) in [4.78, 5) is 11.8. The van der Waals surface area contributed by atoms with E-state index in [0.717, 1.165) is 19.3 Å². The molecule has 2 unspecified atom stereocenters. The van der Waals surface area contributed by atoms with E-state index in [2.05, 4.69) is 31.3 Å². The normalized spacial score (nSPS) is 34.3. The zero-order valence-electron chi connectivity index (χ0n) is 14.4. The van der Waals surface area contributed by atoms with Gasteiger partial charge >= 0.3 is 5.97 Å². The lowest BCUT2D eigenvalue weighted by Gasteiger charge is -2.41. The number of carboxylic acid groups (broad SMARTS) is 1. The third-order valence-electron chi connectivity index (χ3n) is 5.30. The largest absolute Gasteiger partial charge is 0.481 e. The highest BCUT2D eigenvalue weighted by Crippen LogP contribution is 2.41. The molecule has 1 saturated heterocycles. The lowest BCUT2D eigenvalue weighted by atomic mass is 9.80. The van der Waals surface area contributed by atoms with Gasteiger partial charge in [-0.15, -0.1) is 0 Å². The third-order valence-corrected chi connectivity index (χ3v) is 5.30. The first kappa shape index (κ1) is 17.4. The van der Waals surface area contributed by atoms with Crippen LogP contribution in [0.15, 0.2) is 30.3 Å². The van der Waals surface area contributed by atoms with Crippen molar-refractivity contribution in [1.29, 1.82) is 0 Å². The minimum absolute atomic E-state index is 0.0730. The molecule has 1 heterocycles. The van der Waals surface area contributed by atoms with Crippen LogP contribution >= 0.6 is 0 Å². The predicted octanol–water partition coefficient (Wildman–Crippen LogP) is 3.11. The standard InChI is InChI=1S/C19H27NO4/c1-3-15-12-23-19(24-15)10-9-17(16(11-19)18(21)22)20-13(2)14-7-5-4-6-8-14/h4-8,13,15-17,20H,3,9-12H2,1-2H3,(H,21,22)/t13-,15?,16+,17-,19?/m1/s1. The number of nitrogens with one attached hydrogen (secondary N) is 1. The molecule has 132 valence electrons. The maximum absolute atomic E-state index is 11.8. The number of rotatable bonds is 5. The van der Waals surface area contributed by atoms with Crippen LogP contribution in [0.5, 0.6) is 0 Å². The monoisotopic (exact) mass is 333 g/mol. The Morgan fingerprint density at radius 2 is 2.17 bits per heavy atom. The average Bonchev–Trinajstić information content (AvgIpc) is 3.00. The van der Waals surface area contributed by atoms with Crippen molar-refractivity contribution in [2.75, 3.05) is 6.61 Å². The lowest BCUT2D eigenvalue weighted by Crippen LogP contribution is -2.51. The smallest absolute Gasteiger partial charge is 0.308 e. The van der Waals surface area contributed by atoms with Gasteiger partial charge in [0.15, 0.2) is 5.79 Å². The molecular weight excluding hydrogens is 306 g/mol. The lowest BCUT2D eigenvalue weighted by molar-refractivity contribution is -0.205. The fourth-order valence-electron chi connectivity index (χ4n) is 3.83. The fraction of sp³-hybridized carbons (Fsp3) is 0.632. The Balaban J connectivity index is 1.68. The van der Waals surface area contributed by atoms with Gasteiger partial charge in [-0.25, -0.2) is 0 Å². The second-order valence-electron chi connectivity index (χ2n) is 6.96. The summed E-state index contributed by atoms with van der Waals surface area (Å²) < 4.78 is 11.9. The van der Waals surface area contributed by atoms with Crippen LogP contribution in [-0.2, 0) is 14.3 Å². The molecule has 5 atom stereocenters. The Hall–Kier alpha value is -1.43. The number of benzene rings is 1. The highest BCUT2D eigenvalue weighted by molar-refractivity contribution is 5.71. The minimum Gasteiger partial charge on any atom is -0.481 e. The van der Waals surface area contributed by atoms with Gasteiger partial charge in [0.2, 0.25) is 0 Å². The first-order valence-corrected chi connectivity index (χ1v) is 8.88. The molecule has 0 aromatic heterocycles. The first-order valence-electron chi connectivity index (χ1n) is 8.88. The first-order chi connectivity index (χ1) is 11.5. The van der Waals surface area contributed by atoms with E-state index in [1.54, 1.807) is 0 Å². The molecule has 24 heavy (non-hydrogen) atoms. The number of carboxylic acids is 1. The maximum atomic E-state index is 11.8. The predicted molar refractivity (Wildman–Crippen MR) is 90.6 cm³/mol. The van der Waals surface area contributed by atoms with Crippen molar-refractivity contribution in [2.45, 2.75) is 63.5 Å². The highest BCUT2D eigenvalue weighted by atomic mass is 16.7. The molecule has 5 nitrogen and oxygen atoms in total. The van der Waals surface area contributed by atoms with Crippen LogP contribution < -0.4 is 5.32 Å². The van der Waals surface area contributed by atoms with Crippen molar-refractivity contribution >= 4 is 5.97 Å². The van der Waals surface area contributed by atoms with E-state index in [4.69, 9.17) is 9.47 Å². The average molecular weight is 333 g/mol. The van der Waals surface area contributed by atoms with E-state index in [0.29, 0.717) is 13.0 Å². The van der Waals surface area contributed by atoms with Crippen LogP contribution in [-0.4, -0.2) is 35.6 Å². The summed E-state index contributed by atoms with van der Waals surface area (Å²) in [5.74, 6) is -1.97. The van der Waals surface area contributed by atoms with Gasteiger partial charge in [0.05, 0.1) is 18.6 Å². The zero-order chi connectivity index (χ0) is 17.2. The van der Waals surface area contributed by atoms with E-state index in [-0.39, 0.29) is 18.2 Å². The summed E-state index contributed by atoms with van der Waals surface area (Å²) in [6.45, 7) is 4.71. The number of hydrogen-bond donors (Lipinski definition) is 2. The van der Waals surface area contributed by atoms with Gasteiger partial charge < -0.3 is 19.9 Å². The molecule has 1 aliphatic carbocycles. The van der Waals surface area contributed by atoms with E-state index >= 15 is 0 Å². The van der Waals surface area contributed by atoms with Crippen LogP contribution in [0.25, 0.3) is 0 Å². The van der Waals surface area contributed by atoms with Gasteiger partial charge in [0.25, 0.3) is 0 Å². The quantitative estimate of drug-likeness (QED) is 0.866. The van der Waals surface area contributed by atoms with Crippen LogP contribution in [0, 0.1) is 5.92 Å².